The number of benzene rings is 1. The van der Waals surface area contributed by atoms with Gasteiger partial charge >= 0.3 is 0 Å². The molecule has 0 aromatic heterocycles. The number of rotatable bonds is 7. The highest BCUT2D eigenvalue weighted by molar-refractivity contribution is 5.81. The zero-order chi connectivity index (χ0) is 14.3. The van der Waals surface area contributed by atoms with Crippen molar-refractivity contribution in [3.05, 3.63) is 45.8 Å². The van der Waals surface area contributed by atoms with Gasteiger partial charge in [0.1, 0.15) is 17.7 Å². The van der Waals surface area contributed by atoms with Gasteiger partial charge in [0.15, 0.2) is 0 Å². The summed E-state index contributed by atoms with van der Waals surface area (Å²) in [6.45, 7) is 0.517. The van der Waals surface area contributed by atoms with E-state index in [9.17, 15) is 13.6 Å². The second kappa shape index (κ2) is 7.30. The number of amides is 1. The number of carbonyl (C=O) groups is 1. The zero-order valence-corrected chi connectivity index (χ0v) is 10.0. The number of halogens is 2. The van der Waals surface area contributed by atoms with Crippen LogP contribution in [0.2, 0.25) is 0 Å². The summed E-state index contributed by atoms with van der Waals surface area (Å²) in [5.74, 6) is -2.18. The maximum absolute atomic E-state index is 13.5. The van der Waals surface area contributed by atoms with E-state index in [1.54, 1.807) is 0 Å². The fraction of sp³-hybridized carbons (Fsp3) is 0.364. The molecule has 0 spiro atoms. The highest BCUT2D eigenvalue weighted by Gasteiger charge is 2.21. The third-order valence-electron chi connectivity index (χ3n) is 2.40. The van der Waals surface area contributed by atoms with Gasteiger partial charge in [0, 0.05) is 17.0 Å². The molecule has 0 saturated carbocycles. The van der Waals surface area contributed by atoms with Crippen LogP contribution in [-0.2, 0) is 4.79 Å². The molecule has 0 radical (unpaired) electrons. The molecule has 6 nitrogen and oxygen atoms in total. The first-order chi connectivity index (χ1) is 9.06. The fourth-order valence-electron chi connectivity index (χ4n) is 1.54. The van der Waals surface area contributed by atoms with E-state index in [0.717, 1.165) is 18.2 Å². The summed E-state index contributed by atoms with van der Waals surface area (Å²) < 4.78 is 26.6. The predicted octanol–water partition coefficient (Wildman–Crippen LogP) is 1.78. The lowest BCUT2D eigenvalue weighted by Crippen LogP contribution is -2.35. The molecule has 1 aromatic carbocycles. The molecule has 102 valence electrons. The molecule has 19 heavy (non-hydrogen) atoms. The molecule has 1 atom stereocenters. The molecule has 0 aliphatic carbocycles. The molecule has 0 saturated heterocycles. The Morgan fingerprint density at radius 3 is 2.89 bits per heavy atom. The van der Waals surface area contributed by atoms with Crippen molar-refractivity contribution in [2.24, 2.45) is 10.8 Å². The Kier molecular flexibility index (Phi) is 5.72. The molecule has 0 aliphatic rings. The second-order valence-corrected chi connectivity index (χ2v) is 3.76. The molecule has 3 N–H and O–H groups in total. The Bertz CT molecular complexity index is 502. The van der Waals surface area contributed by atoms with Crippen LogP contribution in [0.15, 0.2) is 23.3 Å². The Morgan fingerprint density at radius 1 is 1.53 bits per heavy atom. The van der Waals surface area contributed by atoms with Crippen molar-refractivity contribution in [3.8, 4) is 0 Å². The molecule has 0 bridgehead atoms. The molecule has 1 unspecified atom stereocenters. The minimum Gasteiger partial charge on any atom is -0.368 e. The average molecular weight is 269 g/mol. The lowest BCUT2D eigenvalue weighted by Gasteiger charge is -2.16. The first kappa shape index (κ1) is 14.9. The summed E-state index contributed by atoms with van der Waals surface area (Å²) in [4.78, 5) is 13.8. The van der Waals surface area contributed by atoms with Crippen molar-refractivity contribution in [2.75, 3.05) is 13.1 Å². The first-order valence-electron chi connectivity index (χ1n) is 5.54. The molecular formula is C11H13F2N5O. The van der Waals surface area contributed by atoms with E-state index in [4.69, 9.17) is 11.3 Å². The summed E-state index contributed by atoms with van der Waals surface area (Å²) in [5, 5.41) is 6.01. The van der Waals surface area contributed by atoms with Crippen molar-refractivity contribution in [1.82, 2.24) is 5.32 Å². The quantitative estimate of drug-likeness (QED) is 0.341. The number of nitrogens with one attached hydrogen (secondary N) is 1. The van der Waals surface area contributed by atoms with Crippen LogP contribution in [0.5, 0.6) is 0 Å². The van der Waals surface area contributed by atoms with Crippen LogP contribution in [0, 0.1) is 11.6 Å². The summed E-state index contributed by atoms with van der Waals surface area (Å²) in [7, 11) is 0. The molecule has 0 aliphatic heterocycles. The highest BCUT2D eigenvalue weighted by atomic mass is 19.1. The van der Waals surface area contributed by atoms with Gasteiger partial charge in [-0.25, -0.2) is 8.78 Å². The van der Waals surface area contributed by atoms with Crippen LogP contribution in [0.3, 0.4) is 0 Å². The standard InChI is InChI=1S/C11H13F2N5O/c12-7-2-3-9(13)8(6-7)10(11(14)19)16-4-1-5-17-18-15/h2-3,6,10,16H,1,4-5H2,(H2,14,19). The molecule has 1 amide bonds. The SMILES string of the molecule is [N-]=[N+]=NCCCNC(C(N)=O)c1cc(F)ccc1F. The maximum Gasteiger partial charge on any atom is 0.239 e. The number of azide groups is 1. The largest absolute Gasteiger partial charge is 0.368 e. The summed E-state index contributed by atoms with van der Waals surface area (Å²) >= 11 is 0. The fourth-order valence-corrected chi connectivity index (χ4v) is 1.54. The van der Waals surface area contributed by atoms with Gasteiger partial charge in [-0.15, -0.1) is 0 Å². The van der Waals surface area contributed by atoms with E-state index in [1.807, 2.05) is 0 Å². The molecule has 0 heterocycles. The van der Waals surface area contributed by atoms with Gasteiger partial charge in [0.25, 0.3) is 0 Å². The first-order valence-corrected chi connectivity index (χ1v) is 5.54. The lowest BCUT2D eigenvalue weighted by molar-refractivity contribution is -0.120. The van der Waals surface area contributed by atoms with Gasteiger partial charge in [-0.1, -0.05) is 5.11 Å². The van der Waals surface area contributed by atoms with E-state index in [0.29, 0.717) is 6.42 Å². The third-order valence-corrected chi connectivity index (χ3v) is 2.40. The van der Waals surface area contributed by atoms with Crippen LogP contribution in [-0.4, -0.2) is 19.0 Å². The van der Waals surface area contributed by atoms with Gasteiger partial charge in [0.05, 0.1) is 0 Å². The highest BCUT2D eigenvalue weighted by Crippen LogP contribution is 2.18. The Balaban J connectivity index is 2.74. The van der Waals surface area contributed by atoms with Gasteiger partial charge in [-0.3, -0.25) is 4.79 Å². The Hall–Kier alpha value is -2.18. The summed E-state index contributed by atoms with van der Waals surface area (Å²) in [5.41, 5.74) is 13.1. The van der Waals surface area contributed by atoms with Crippen molar-refractivity contribution >= 4 is 5.91 Å². The average Bonchev–Trinajstić information content (AvgIpc) is 2.37. The van der Waals surface area contributed by atoms with Crippen molar-refractivity contribution < 1.29 is 13.6 Å². The smallest absolute Gasteiger partial charge is 0.239 e. The Morgan fingerprint density at radius 2 is 2.26 bits per heavy atom. The van der Waals surface area contributed by atoms with Crippen molar-refractivity contribution in [2.45, 2.75) is 12.5 Å². The molecular weight excluding hydrogens is 256 g/mol. The van der Waals surface area contributed by atoms with Gasteiger partial charge in [-0.05, 0) is 36.7 Å². The number of hydrogen-bond donors (Lipinski definition) is 2. The van der Waals surface area contributed by atoms with Crippen LogP contribution < -0.4 is 11.1 Å². The predicted molar refractivity (Wildman–Crippen MR) is 64.9 cm³/mol. The van der Waals surface area contributed by atoms with E-state index < -0.39 is 23.6 Å². The topological polar surface area (TPSA) is 104 Å². The lowest BCUT2D eigenvalue weighted by atomic mass is 10.1. The number of carbonyl (C=O) groups excluding carboxylic acids is 1. The molecule has 1 rings (SSSR count). The molecule has 0 fully saturated rings. The van der Waals surface area contributed by atoms with Crippen LogP contribution >= 0.6 is 0 Å². The van der Waals surface area contributed by atoms with Crippen LogP contribution in [0.25, 0.3) is 10.4 Å². The third kappa shape index (κ3) is 4.53. The normalized spacial score (nSPS) is 11.7. The van der Waals surface area contributed by atoms with Gasteiger partial charge < -0.3 is 11.1 Å². The number of primary amides is 1. The monoisotopic (exact) mass is 269 g/mol. The van der Waals surface area contributed by atoms with Gasteiger partial charge in [0.2, 0.25) is 5.91 Å². The number of hydrogen-bond acceptors (Lipinski definition) is 3. The molecule has 8 heteroatoms. The zero-order valence-electron chi connectivity index (χ0n) is 10.0. The second-order valence-electron chi connectivity index (χ2n) is 3.76. The van der Waals surface area contributed by atoms with Crippen molar-refractivity contribution in [1.29, 1.82) is 0 Å². The van der Waals surface area contributed by atoms with E-state index in [2.05, 4.69) is 15.3 Å². The van der Waals surface area contributed by atoms with Crippen LogP contribution in [0.4, 0.5) is 8.78 Å². The minimum atomic E-state index is -1.12. The minimum absolute atomic E-state index is 0.142. The van der Waals surface area contributed by atoms with Crippen molar-refractivity contribution in [3.63, 3.8) is 0 Å². The van der Waals surface area contributed by atoms with Gasteiger partial charge in [-0.2, -0.15) is 0 Å². The number of nitrogens with two attached hydrogens (primary N) is 1. The molecule has 1 aromatic rings. The van der Waals surface area contributed by atoms with Crippen LogP contribution in [0.1, 0.15) is 18.0 Å². The number of nitrogens with zero attached hydrogens (tertiary/aromatic N) is 3. The summed E-state index contributed by atoms with van der Waals surface area (Å²) in [6.07, 6.45) is 0.449. The Labute approximate surface area is 108 Å². The maximum atomic E-state index is 13.5. The van der Waals surface area contributed by atoms with E-state index in [1.165, 1.54) is 0 Å². The van der Waals surface area contributed by atoms with E-state index in [-0.39, 0.29) is 18.7 Å². The summed E-state index contributed by atoms with van der Waals surface area (Å²) in [6, 6.07) is 1.69. The van der Waals surface area contributed by atoms with E-state index >= 15 is 0 Å².